The van der Waals surface area contributed by atoms with Crippen molar-refractivity contribution in [1.29, 1.82) is 0 Å². The normalized spacial score (nSPS) is 16.4. The van der Waals surface area contributed by atoms with Gasteiger partial charge >= 0.3 is 0 Å². The van der Waals surface area contributed by atoms with Crippen molar-refractivity contribution in [2.75, 3.05) is 19.4 Å². The quantitative estimate of drug-likeness (QED) is 0.659. The van der Waals surface area contributed by atoms with Gasteiger partial charge in [-0.3, -0.25) is 0 Å². The summed E-state index contributed by atoms with van der Waals surface area (Å²) in [5.41, 5.74) is 8.61. The minimum absolute atomic E-state index is 0.201. The number of nitrogens with one attached hydrogen (secondary N) is 1. The molecule has 140 valence electrons. The summed E-state index contributed by atoms with van der Waals surface area (Å²) < 4.78 is 0. The van der Waals surface area contributed by atoms with Gasteiger partial charge in [-0.2, -0.15) is 0 Å². The molecule has 1 heterocycles. The minimum Gasteiger partial charge on any atom is -0.388 e. The van der Waals surface area contributed by atoms with Crippen LogP contribution in [0.4, 0.5) is 5.69 Å². The maximum absolute atomic E-state index is 4.16. The Morgan fingerprint density at radius 3 is 2.59 bits per heavy atom. The minimum atomic E-state index is 0.201. The van der Waals surface area contributed by atoms with E-state index in [0.29, 0.717) is 5.92 Å². The van der Waals surface area contributed by atoms with E-state index in [2.05, 4.69) is 105 Å². The molecule has 0 aliphatic carbocycles. The maximum atomic E-state index is 4.16. The smallest absolute Gasteiger partial charge is 0.0793 e. The summed E-state index contributed by atoms with van der Waals surface area (Å²) in [4.78, 5) is 2.29. The molecule has 3 rings (SSSR count). The first-order valence-electron chi connectivity index (χ1n) is 9.60. The molecular weight excluding hydrogens is 328 g/mol. The number of likely N-dealkylation sites (N-methyl/N-ethyl adjacent to an activating group) is 1. The van der Waals surface area contributed by atoms with E-state index in [1.807, 2.05) is 7.05 Å². The van der Waals surface area contributed by atoms with E-state index >= 15 is 0 Å². The third-order valence-electron chi connectivity index (χ3n) is 5.27. The molecule has 2 nitrogen and oxygen atoms in total. The second-order valence-electron chi connectivity index (χ2n) is 7.65. The van der Waals surface area contributed by atoms with Gasteiger partial charge in [-0.05, 0) is 65.1 Å². The third-order valence-corrected chi connectivity index (χ3v) is 5.27. The van der Waals surface area contributed by atoms with Crippen LogP contribution in [0.5, 0.6) is 0 Å². The molecule has 1 aliphatic heterocycles. The van der Waals surface area contributed by atoms with Gasteiger partial charge in [-0.1, -0.05) is 56.8 Å². The lowest BCUT2D eigenvalue weighted by Gasteiger charge is -2.33. The number of rotatable bonds is 5. The fraction of sp³-hybridized carbons (Fsp3) is 0.280. The highest BCUT2D eigenvalue weighted by atomic mass is 15.1. The lowest BCUT2D eigenvalue weighted by molar-refractivity contribution is 0.400. The molecule has 1 N–H and O–H groups in total. The summed E-state index contributed by atoms with van der Waals surface area (Å²) in [5, 5.41) is 3.27. The van der Waals surface area contributed by atoms with Gasteiger partial charge in [0.15, 0.2) is 0 Å². The molecule has 1 atom stereocenters. The molecule has 2 heteroatoms. The molecule has 2 aromatic rings. The second kappa shape index (κ2) is 7.87. The summed E-state index contributed by atoms with van der Waals surface area (Å²) in [5.74, 6) is 0.520. The molecule has 2 aromatic carbocycles. The second-order valence-corrected chi connectivity index (χ2v) is 7.65. The van der Waals surface area contributed by atoms with E-state index in [1.54, 1.807) is 0 Å². The highest BCUT2D eigenvalue weighted by molar-refractivity contribution is 5.81. The van der Waals surface area contributed by atoms with Crippen molar-refractivity contribution >= 4 is 16.8 Å². The van der Waals surface area contributed by atoms with Crippen LogP contribution in [0.1, 0.15) is 55.0 Å². The molecule has 0 fully saturated rings. The van der Waals surface area contributed by atoms with Gasteiger partial charge in [0.2, 0.25) is 0 Å². The Morgan fingerprint density at radius 1 is 1.15 bits per heavy atom. The van der Waals surface area contributed by atoms with Crippen LogP contribution in [0.2, 0.25) is 0 Å². The molecule has 0 radical (unpaired) electrons. The summed E-state index contributed by atoms with van der Waals surface area (Å²) in [6, 6.07) is 15.8. The zero-order chi connectivity index (χ0) is 19.6. The first kappa shape index (κ1) is 19.0. The lowest BCUT2D eigenvalue weighted by atomic mass is 9.87. The summed E-state index contributed by atoms with van der Waals surface area (Å²) in [7, 11) is 4.11. The Kier molecular flexibility index (Phi) is 5.55. The van der Waals surface area contributed by atoms with Crippen LogP contribution < -0.4 is 5.32 Å². The zero-order valence-corrected chi connectivity index (χ0v) is 17.1. The maximum Gasteiger partial charge on any atom is 0.0793 e. The zero-order valence-electron chi connectivity index (χ0n) is 17.1. The van der Waals surface area contributed by atoms with Crippen LogP contribution >= 0.6 is 0 Å². The fourth-order valence-electron chi connectivity index (χ4n) is 3.73. The van der Waals surface area contributed by atoms with E-state index in [-0.39, 0.29) is 6.04 Å². The standard InChI is InChI=1S/C25H30N2/c1-17(2)19-9-7-10-21(15-19)25-22(11-8-14-27(25)6)20-12-13-24(26-5)23(16-20)18(3)4/h7-17,25-26H,3H2,1-2,4-6H3. The van der Waals surface area contributed by atoms with Crippen LogP contribution in [-0.2, 0) is 0 Å². The SMILES string of the molecule is C=C(C)c1cc(C2=CC=CN(C)C2c2cccc(C(C)C)c2)ccc1NC. The van der Waals surface area contributed by atoms with Crippen LogP contribution in [0.3, 0.4) is 0 Å². The Morgan fingerprint density at radius 2 is 1.93 bits per heavy atom. The van der Waals surface area contributed by atoms with Crippen LogP contribution in [0.25, 0.3) is 11.1 Å². The summed E-state index contributed by atoms with van der Waals surface area (Å²) >= 11 is 0. The van der Waals surface area contributed by atoms with Crippen molar-refractivity contribution in [3.63, 3.8) is 0 Å². The Balaban J connectivity index is 2.09. The lowest BCUT2D eigenvalue weighted by Crippen LogP contribution is -2.22. The van der Waals surface area contributed by atoms with E-state index in [0.717, 1.165) is 11.3 Å². The average Bonchev–Trinajstić information content (AvgIpc) is 2.67. The van der Waals surface area contributed by atoms with Crippen LogP contribution in [0, 0.1) is 0 Å². The van der Waals surface area contributed by atoms with Gasteiger partial charge in [0.25, 0.3) is 0 Å². The number of benzene rings is 2. The van der Waals surface area contributed by atoms with Crippen molar-refractivity contribution in [2.24, 2.45) is 0 Å². The predicted octanol–water partition coefficient (Wildman–Crippen LogP) is 6.47. The van der Waals surface area contributed by atoms with Crippen molar-refractivity contribution in [3.8, 4) is 0 Å². The molecule has 0 aromatic heterocycles. The van der Waals surface area contributed by atoms with Gasteiger partial charge in [-0.15, -0.1) is 0 Å². The molecular formula is C25H30N2. The number of allylic oxidation sites excluding steroid dienone is 3. The summed E-state index contributed by atoms with van der Waals surface area (Å²) in [6.45, 7) is 10.7. The fourth-order valence-corrected chi connectivity index (χ4v) is 3.73. The highest BCUT2D eigenvalue weighted by Gasteiger charge is 2.24. The topological polar surface area (TPSA) is 15.3 Å². The predicted molar refractivity (Wildman–Crippen MR) is 119 cm³/mol. The van der Waals surface area contributed by atoms with Gasteiger partial charge in [0.1, 0.15) is 0 Å². The third kappa shape index (κ3) is 3.85. The molecule has 0 saturated heterocycles. The largest absolute Gasteiger partial charge is 0.388 e. The van der Waals surface area contributed by atoms with Crippen LogP contribution in [0.15, 0.2) is 67.4 Å². The molecule has 1 unspecified atom stereocenters. The monoisotopic (exact) mass is 358 g/mol. The van der Waals surface area contributed by atoms with Crippen molar-refractivity contribution in [2.45, 2.75) is 32.7 Å². The van der Waals surface area contributed by atoms with Gasteiger partial charge < -0.3 is 10.2 Å². The van der Waals surface area contributed by atoms with Gasteiger partial charge in [-0.25, -0.2) is 0 Å². The molecule has 0 saturated carbocycles. The molecule has 0 amide bonds. The van der Waals surface area contributed by atoms with Gasteiger partial charge in [0, 0.05) is 25.3 Å². The van der Waals surface area contributed by atoms with E-state index in [4.69, 9.17) is 0 Å². The number of hydrogen-bond acceptors (Lipinski definition) is 2. The Hall–Kier alpha value is -2.74. The number of nitrogens with zero attached hydrogens (tertiary/aromatic N) is 1. The van der Waals surface area contributed by atoms with E-state index in [1.165, 1.54) is 27.8 Å². The summed E-state index contributed by atoms with van der Waals surface area (Å²) in [6.07, 6.45) is 6.52. The molecule has 0 bridgehead atoms. The number of anilines is 1. The van der Waals surface area contributed by atoms with Crippen molar-refractivity contribution in [1.82, 2.24) is 4.90 Å². The first-order valence-corrected chi connectivity index (χ1v) is 9.60. The molecule has 27 heavy (non-hydrogen) atoms. The Bertz CT molecular complexity index is 902. The average molecular weight is 359 g/mol. The van der Waals surface area contributed by atoms with E-state index < -0.39 is 0 Å². The van der Waals surface area contributed by atoms with Crippen molar-refractivity contribution < 1.29 is 0 Å². The Labute approximate surface area is 163 Å². The van der Waals surface area contributed by atoms with Crippen LogP contribution in [-0.4, -0.2) is 19.0 Å². The highest BCUT2D eigenvalue weighted by Crippen LogP contribution is 2.39. The molecule has 0 spiro atoms. The van der Waals surface area contributed by atoms with E-state index in [9.17, 15) is 0 Å². The molecule has 1 aliphatic rings. The van der Waals surface area contributed by atoms with Crippen molar-refractivity contribution in [3.05, 3.63) is 89.6 Å². The van der Waals surface area contributed by atoms with Gasteiger partial charge in [0.05, 0.1) is 6.04 Å². The number of hydrogen-bond donors (Lipinski definition) is 1. The first-order chi connectivity index (χ1) is 12.9.